The van der Waals surface area contributed by atoms with Crippen LogP contribution in [0.4, 0.5) is 28.4 Å². The summed E-state index contributed by atoms with van der Waals surface area (Å²) in [6.45, 7) is 7.84. The molecule has 0 fully saturated rings. The van der Waals surface area contributed by atoms with Gasteiger partial charge in [-0.3, -0.25) is 58.5 Å². The van der Waals surface area contributed by atoms with Crippen LogP contribution in [0, 0.1) is 34.1 Å². The molecule has 4 amide bonds. The largest absolute Gasteiger partial charge is 0.504 e. The quantitative estimate of drug-likeness (QED) is 0.00892. The fourth-order valence-corrected chi connectivity index (χ4v) is 12.0. The lowest BCUT2D eigenvalue weighted by Crippen LogP contribution is -2.25. The number of nitro benzene ring substituents is 2. The minimum Gasteiger partial charge on any atom is -0.504 e. The van der Waals surface area contributed by atoms with Crippen molar-refractivity contribution in [3.8, 4) is 80.4 Å². The third kappa shape index (κ3) is 23.1. The van der Waals surface area contributed by atoms with Gasteiger partial charge < -0.3 is 85.3 Å². The second-order valence-corrected chi connectivity index (χ2v) is 26.2. The number of non-ortho nitro benzene ring substituents is 2. The number of phenolic OH excluding ortho intramolecular Hbond substituents is 4. The molecule has 35 nitrogen and oxygen atoms in total. The fourth-order valence-electron chi connectivity index (χ4n) is 11.8. The number of hydrogen-bond donors (Lipinski definition) is 9. The SMILES string of the molecule is CCNC(=O)C[C@@H]1N=C(c2ccc(Cl)cc2)c2cc(OCC(=O)Nc3ccc(O)c(O)c3)ccc2-n2c(C)nnc21.CCNC(=O)C[C@@H]1N=C(c2ccc(Cl)cc2)c2cc(OCC(=O)Nc3ccc(OC)c(OC)c3)ccc2-n2c(C)nnc21.COc1ccc(N)cc1OC.COc1ccc([N+](=O)[O-])cc1OC.O=[N+]([O-])c1ccc(O)c(O)c1. The number of nitrogen functional groups attached to an aromatic ring is 1. The molecule has 0 unspecified atom stereocenters. The van der Waals surface area contributed by atoms with Gasteiger partial charge in [0, 0.05) is 92.8 Å². The molecule has 119 heavy (non-hydrogen) atoms. The number of methoxy groups -OCH3 is 6. The number of rotatable bonds is 24. The maximum absolute atomic E-state index is 12.8. The van der Waals surface area contributed by atoms with Gasteiger partial charge in [-0.15, -0.1) is 20.4 Å². The van der Waals surface area contributed by atoms with E-state index in [1.807, 2.05) is 79.3 Å². The number of carbonyl (C=O) groups excluding carboxylic acids is 4. The molecule has 37 heteroatoms. The third-order valence-corrected chi connectivity index (χ3v) is 17.9. The number of nitro groups is 2. The summed E-state index contributed by atoms with van der Waals surface area (Å²) in [6.07, 6.45) is 0.171. The van der Waals surface area contributed by atoms with Gasteiger partial charge in [0.25, 0.3) is 23.2 Å². The van der Waals surface area contributed by atoms with Crippen LogP contribution in [0.2, 0.25) is 10.0 Å². The van der Waals surface area contributed by atoms with E-state index in [2.05, 4.69) is 41.7 Å². The maximum atomic E-state index is 12.8. The predicted octanol–water partition coefficient (Wildman–Crippen LogP) is 12.7. The Morgan fingerprint density at radius 2 is 0.824 bits per heavy atom. The van der Waals surface area contributed by atoms with E-state index < -0.39 is 33.6 Å². The molecule has 0 spiro atoms. The van der Waals surface area contributed by atoms with Gasteiger partial charge in [-0.2, -0.15) is 0 Å². The number of nitrogens with zero attached hydrogens (tertiary/aromatic N) is 10. The van der Waals surface area contributed by atoms with Gasteiger partial charge >= 0.3 is 0 Å². The lowest BCUT2D eigenvalue weighted by atomic mass is 10.00. The van der Waals surface area contributed by atoms with Gasteiger partial charge in [-0.05, 0) is 137 Å². The first-order valence-corrected chi connectivity index (χ1v) is 36.8. The van der Waals surface area contributed by atoms with Crippen LogP contribution in [0.15, 0.2) is 186 Å². The molecule has 2 aromatic heterocycles. The van der Waals surface area contributed by atoms with E-state index in [1.165, 1.54) is 57.7 Å². The summed E-state index contributed by atoms with van der Waals surface area (Å²) in [5, 5.41) is 86.7. The monoisotopic (exact) mass is 1670 g/mol. The average Bonchev–Trinajstić information content (AvgIpc) is 1.62. The number of aryl methyl sites for hydroxylation is 2. The van der Waals surface area contributed by atoms with E-state index >= 15 is 0 Å². The Hall–Kier alpha value is -14.7. The van der Waals surface area contributed by atoms with Crippen LogP contribution in [0.5, 0.6) is 69.0 Å². The van der Waals surface area contributed by atoms with Gasteiger partial charge in [-0.25, -0.2) is 0 Å². The Bertz CT molecular complexity index is 5550. The molecular weight excluding hydrogens is 1590 g/mol. The van der Waals surface area contributed by atoms with E-state index in [9.17, 15) is 49.6 Å². The molecule has 2 aliphatic rings. The molecule has 620 valence electrons. The van der Waals surface area contributed by atoms with E-state index in [1.54, 1.807) is 100 Å². The van der Waals surface area contributed by atoms with Crippen molar-refractivity contribution in [3.05, 3.63) is 252 Å². The Labute approximate surface area is 690 Å². The smallest absolute Gasteiger partial charge is 0.273 e. The van der Waals surface area contributed by atoms with Crippen molar-refractivity contribution in [1.82, 2.24) is 40.2 Å². The summed E-state index contributed by atoms with van der Waals surface area (Å²) >= 11 is 12.4. The first-order chi connectivity index (χ1) is 57.1. The maximum Gasteiger partial charge on any atom is 0.273 e. The molecular formula is C82H83Cl2N15O20. The average molecular weight is 1670 g/mol. The number of aliphatic imine (C=N–C) groups is 2. The number of phenols is 4. The van der Waals surface area contributed by atoms with E-state index in [4.69, 9.17) is 87.0 Å². The van der Waals surface area contributed by atoms with E-state index in [0.29, 0.717) is 126 Å². The molecule has 2 aliphatic heterocycles. The van der Waals surface area contributed by atoms with Crippen molar-refractivity contribution >= 4 is 86.7 Å². The second-order valence-electron chi connectivity index (χ2n) is 25.3. The number of benzene rings is 9. The number of ether oxygens (including phenoxy) is 8. The number of nitrogens with one attached hydrogen (secondary N) is 4. The van der Waals surface area contributed by atoms with Crippen molar-refractivity contribution in [2.75, 3.05) is 85.3 Å². The van der Waals surface area contributed by atoms with Gasteiger partial charge in [0.1, 0.15) is 35.2 Å². The minimum atomic E-state index is -0.654. The van der Waals surface area contributed by atoms with Crippen molar-refractivity contribution in [1.29, 1.82) is 0 Å². The number of hydrogen-bond acceptors (Lipinski definition) is 27. The highest BCUT2D eigenvalue weighted by molar-refractivity contribution is 6.31. The number of aromatic nitrogens is 6. The van der Waals surface area contributed by atoms with Crippen LogP contribution >= 0.6 is 23.2 Å². The number of anilines is 3. The van der Waals surface area contributed by atoms with Crippen LogP contribution in [-0.2, 0) is 19.2 Å². The Kier molecular flexibility index (Phi) is 30.8. The Morgan fingerprint density at radius 3 is 1.24 bits per heavy atom. The van der Waals surface area contributed by atoms with Gasteiger partial charge in [0.15, 0.2) is 82.4 Å². The van der Waals surface area contributed by atoms with E-state index in [0.717, 1.165) is 46.3 Å². The van der Waals surface area contributed by atoms with Crippen molar-refractivity contribution < 1.29 is 87.3 Å². The number of nitrogens with two attached hydrogens (primary N) is 1. The Morgan fingerprint density at radius 1 is 0.445 bits per heavy atom. The van der Waals surface area contributed by atoms with E-state index in [-0.39, 0.29) is 72.4 Å². The zero-order valence-corrected chi connectivity index (χ0v) is 67.3. The third-order valence-electron chi connectivity index (χ3n) is 17.4. The molecule has 2 atom stereocenters. The zero-order chi connectivity index (χ0) is 86.1. The standard InChI is InChI=1S/C31H31ClN6O5.C29H27ClN6O5.C8H9NO4.C8H11NO2.C6H5NO4/c1-5-33-28(39)16-24-31-37-36-18(2)38(31)25-12-11-22(15-23(25)30(35-24)19-6-8-20(32)9-7-19)43-17-29(40)34-21-10-13-26(41-3)27(14-21)42-4;1-3-31-26(39)14-22-29-35-34-16(2)36(29)23-10-9-20(13-21(23)28(33-22)17-4-6-18(30)7-5-17)41-15-27(40)32-19-8-11-24(37)25(38)12-19;1-12-7-4-3-6(9(10)11)5-8(7)13-2;1-10-7-4-3-6(9)5-8(7)11-2;8-5-2-1-4(7(10)11)3-6(5)9/h6-15,24H,5,16-17H2,1-4H3,(H,33,39)(H,34,40);4-13,22,37-38H,3,14-15H2,1-2H3,(H,31,39)(H,32,40);3-5H,1-2H3;3-5H,9H2,1-2H3;1-3,8-9H/t24-;22-;;;/m00.../s1. The molecule has 10 N–H and O–H groups in total. The summed E-state index contributed by atoms with van der Waals surface area (Å²) in [7, 11) is 9.15. The van der Waals surface area contributed by atoms with Gasteiger partial charge in [-0.1, -0.05) is 47.5 Å². The molecule has 0 radical (unpaired) electrons. The highest BCUT2D eigenvalue weighted by atomic mass is 35.5. The lowest BCUT2D eigenvalue weighted by molar-refractivity contribution is -0.385. The fraction of sp³-hybridized carbons (Fsp3) is 0.220. The number of fused-ring (bicyclic) bond motifs is 6. The first kappa shape index (κ1) is 88.2. The van der Waals surface area contributed by atoms with Gasteiger partial charge in [0.2, 0.25) is 11.8 Å². The number of aromatic hydroxyl groups is 4. The minimum absolute atomic E-state index is 0.0161. The molecule has 0 saturated carbocycles. The first-order valence-electron chi connectivity index (χ1n) is 36.1. The van der Waals surface area contributed by atoms with Crippen LogP contribution in [0.25, 0.3) is 11.4 Å². The summed E-state index contributed by atoms with van der Waals surface area (Å²) in [6, 6.07) is 45.7. The number of halogens is 2. The summed E-state index contributed by atoms with van der Waals surface area (Å²) in [4.78, 5) is 80.0. The number of amides is 4. The predicted molar refractivity (Wildman–Crippen MR) is 443 cm³/mol. The highest BCUT2D eigenvalue weighted by Crippen LogP contribution is 2.39. The molecule has 0 aliphatic carbocycles. The van der Waals surface area contributed by atoms with Gasteiger partial charge in [0.05, 0.1) is 100 Å². The Balaban J connectivity index is 0.000000193. The normalized spacial score (nSPS) is 12.4. The van der Waals surface area contributed by atoms with Crippen molar-refractivity contribution in [2.45, 2.75) is 52.6 Å². The molecule has 4 heterocycles. The van der Waals surface area contributed by atoms with Crippen LogP contribution in [0.3, 0.4) is 0 Å². The molecule has 0 saturated heterocycles. The zero-order valence-electron chi connectivity index (χ0n) is 65.8. The highest BCUT2D eigenvalue weighted by Gasteiger charge is 2.33. The van der Waals surface area contributed by atoms with Crippen LogP contribution in [0.1, 0.15) is 84.3 Å². The molecule has 11 aromatic rings. The lowest BCUT2D eigenvalue weighted by Gasteiger charge is -2.15. The topological polar surface area (TPSA) is 470 Å². The summed E-state index contributed by atoms with van der Waals surface area (Å²) < 4.78 is 45.9. The molecule has 13 rings (SSSR count). The van der Waals surface area contributed by atoms with Crippen molar-refractivity contribution in [3.63, 3.8) is 0 Å². The summed E-state index contributed by atoms with van der Waals surface area (Å²) in [5.74, 6) is 3.85. The van der Waals surface area contributed by atoms with Crippen molar-refractivity contribution in [2.24, 2.45) is 9.98 Å². The van der Waals surface area contributed by atoms with Crippen LogP contribution in [-0.4, -0.2) is 164 Å². The molecule has 9 aromatic carbocycles. The molecule has 0 bridgehead atoms. The second kappa shape index (κ2) is 41.5. The van der Waals surface area contributed by atoms with Crippen LogP contribution < -0.4 is 64.9 Å². The summed E-state index contributed by atoms with van der Waals surface area (Å²) in [5.41, 5.74) is 12.5. The number of carbonyl (C=O) groups is 4.